The maximum absolute atomic E-state index is 5.63. The summed E-state index contributed by atoms with van der Waals surface area (Å²) in [7, 11) is 0. The second-order valence-electron chi connectivity index (χ2n) is 4.61. The molecule has 1 aromatic carbocycles. The van der Waals surface area contributed by atoms with Crippen molar-refractivity contribution < 1.29 is 9.47 Å². The van der Waals surface area contributed by atoms with E-state index in [2.05, 4.69) is 16.4 Å². The summed E-state index contributed by atoms with van der Waals surface area (Å²) in [6.07, 6.45) is 3.61. The van der Waals surface area contributed by atoms with Gasteiger partial charge in [-0.1, -0.05) is 6.07 Å². The number of benzene rings is 1. The molecule has 2 aromatic rings. The molecule has 22 heavy (non-hydrogen) atoms. The Bertz CT molecular complexity index is 550. The van der Waals surface area contributed by atoms with Crippen LogP contribution in [0.15, 0.2) is 42.7 Å². The fraction of sp³-hybridized carbons (Fsp3) is 0.353. The number of hydrogen-bond donors (Lipinski definition) is 1. The molecule has 0 aliphatic carbocycles. The van der Waals surface area contributed by atoms with Crippen molar-refractivity contribution in [2.45, 2.75) is 26.9 Å². The largest absolute Gasteiger partial charge is 0.490 e. The molecule has 1 N–H and O–H groups in total. The van der Waals surface area contributed by atoms with Crippen LogP contribution in [0.3, 0.4) is 0 Å². The number of halogens is 1. The first-order chi connectivity index (χ1) is 10.3. The van der Waals surface area contributed by atoms with E-state index in [0.29, 0.717) is 13.2 Å². The van der Waals surface area contributed by atoms with E-state index < -0.39 is 0 Å². The normalized spacial score (nSPS) is 9.91. The van der Waals surface area contributed by atoms with E-state index >= 15 is 0 Å². The van der Waals surface area contributed by atoms with E-state index in [-0.39, 0.29) is 12.4 Å². The highest BCUT2D eigenvalue weighted by molar-refractivity contribution is 5.85. The minimum Gasteiger partial charge on any atom is -0.490 e. The number of nitrogens with zero attached hydrogens (tertiary/aromatic N) is 1. The van der Waals surface area contributed by atoms with Crippen LogP contribution in [0.4, 0.5) is 0 Å². The summed E-state index contributed by atoms with van der Waals surface area (Å²) in [4.78, 5) is 4.01. The van der Waals surface area contributed by atoms with E-state index in [9.17, 15) is 0 Å². The van der Waals surface area contributed by atoms with E-state index in [0.717, 1.165) is 24.6 Å². The van der Waals surface area contributed by atoms with E-state index in [1.54, 1.807) is 12.4 Å². The fourth-order valence-corrected chi connectivity index (χ4v) is 2.06. The van der Waals surface area contributed by atoms with Gasteiger partial charge in [-0.2, -0.15) is 0 Å². The standard InChI is InChI=1S/C17H22N2O2.ClH/c1-3-20-16-6-5-15(11-17(16)21-4-2)13-19-12-14-7-9-18-10-8-14;/h5-11,19H,3-4,12-13H2,1-2H3;1H. The molecular formula is C17H23ClN2O2. The van der Waals surface area contributed by atoms with Crippen molar-refractivity contribution in [3.05, 3.63) is 53.9 Å². The van der Waals surface area contributed by atoms with E-state index in [4.69, 9.17) is 9.47 Å². The van der Waals surface area contributed by atoms with Gasteiger partial charge < -0.3 is 14.8 Å². The first-order valence-electron chi connectivity index (χ1n) is 7.31. The van der Waals surface area contributed by atoms with Gasteiger partial charge in [-0.25, -0.2) is 0 Å². The van der Waals surface area contributed by atoms with Crippen molar-refractivity contribution in [2.75, 3.05) is 13.2 Å². The van der Waals surface area contributed by atoms with Crippen LogP contribution in [-0.2, 0) is 13.1 Å². The highest BCUT2D eigenvalue weighted by Crippen LogP contribution is 2.28. The van der Waals surface area contributed by atoms with Crippen LogP contribution in [-0.4, -0.2) is 18.2 Å². The van der Waals surface area contributed by atoms with Crippen LogP contribution in [0.2, 0.25) is 0 Å². The van der Waals surface area contributed by atoms with Crippen LogP contribution in [0.5, 0.6) is 11.5 Å². The van der Waals surface area contributed by atoms with E-state index in [1.165, 1.54) is 11.1 Å². The van der Waals surface area contributed by atoms with Gasteiger partial charge in [0.25, 0.3) is 0 Å². The lowest BCUT2D eigenvalue weighted by Crippen LogP contribution is -2.12. The molecule has 0 fully saturated rings. The average Bonchev–Trinajstić information content (AvgIpc) is 2.51. The lowest BCUT2D eigenvalue weighted by atomic mass is 10.2. The SMILES string of the molecule is CCOc1ccc(CNCc2ccncc2)cc1OCC.Cl. The number of hydrogen-bond acceptors (Lipinski definition) is 4. The third-order valence-corrected chi connectivity index (χ3v) is 3.02. The Hall–Kier alpha value is -1.78. The van der Waals surface area contributed by atoms with Gasteiger partial charge in [-0.3, -0.25) is 4.98 Å². The van der Waals surface area contributed by atoms with Gasteiger partial charge in [-0.15, -0.1) is 12.4 Å². The topological polar surface area (TPSA) is 43.4 Å². The predicted octanol–water partition coefficient (Wildman–Crippen LogP) is 3.59. The molecule has 0 aliphatic heterocycles. The van der Waals surface area contributed by atoms with Crippen molar-refractivity contribution in [2.24, 2.45) is 0 Å². The van der Waals surface area contributed by atoms with Crippen molar-refractivity contribution in [3.8, 4) is 11.5 Å². The number of pyridine rings is 1. The fourth-order valence-electron chi connectivity index (χ4n) is 2.06. The Morgan fingerprint density at radius 1 is 0.864 bits per heavy atom. The molecule has 1 heterocycles. The summed E-state index contributed by atoms with van der Waals surface area (Å²) in [6, 6.07) is 10.1. The van der Waals surface area contributed by atoms with Crippen LogP contribution < -0.4 is 14.8 Å². The maximum Gasteiger partial charge on any atom is 0.161 e. The summed E-state index contributed by atoms with van der Waals surface area (Å²) >= 11 is 0. The lowest BCUT2D eigenvalue weighted by Gasteiger charge is -2.13. The average molecular weight is 323 g/mol. The molecule has 2 rings (SSSR count). The highest BCUT2D eigenvalue weighted by Gasteiger charge is 2.05. The van der Waals surface area contributed by atoms with E-state index in [1.807, 2.05) is 38.1 Å². The molecule has 0 amide bonds. The molecule has 0 aliphatic rings. The van der Waals surface area contributed by atoms with Crippen LogP contribution in [0.25, 0.3) is 0 Å². The zero-order chi connectivity index (χ0) is 14.9. The van der Waals surface area contributed by atoms with Gasteiger partial charge >= 0.3 is 0 Å². The van der Waals surface area contributed by atoms with Gasteiger partial charge in [0.2, 0.25) is 0 Å². The Balaban J connectivity index is 0.00000242. The second-order valence-corrected chi connectivity index (χ2v) is 4.61. The number of ether oxygens (including phenoxy) is 2. The van der Waals surface area contributed by atoms with Gasteiger partial charge in [0.05, 0.1) is 13.2 Å². The minimum atomic E-state index is 0. The van der Waals surface area contributed by atoms with Crippen molar-refractivity contribution in [1.29, 1.82) is 0 Å². The molecule has 0 saturated heterocycles. The van der Waals surface area contributed by atoms with Gasteiger partial charge in [0.1, 0.15) is 0 Å². The molecule has 5 heteroatoms. The number of nitrogens with one attached hydrogen (secondary N) is 1. The first-order valence-corrected chi connectivity index (χ1v) is 7.31. The van der Waals surface area contributed by atoms with Gasteiger partial charge in [0.15, 0.2) is 11.5 Å². The molecule has 1 aromatic heterocycles. The zero-order valence-corrected chi connectivity index (χ0v) is 13.9. The Kier molecular flexibility index (Phi) is 8.33. The monoisotopic (exact) mass is 322 g/mol. The van der Waals surface area contributed by atoms with Crippen molar-refractivity contribution >= 4 is 12.4 Å². The van der Waals surface area contributed by atoms with Crippen LogP contribution in [0.1, 0.15) is 25.0 Å². The summed E-state index contributed by atoms with van der Waals surface area (Å²) in [5.41, 5.74) is 2.40. The molecule has 0 saturated carbocycles. The Morgan fingerprint density at radius 2 is 1.50 bits per heavy atom. The summed E-state index contributed by atoms with van der Waals surface area (Å²) in [5, 5.41) is 3.41. The second kappa shape index (κ2) is 10.0. The van der Waals surface area contributed by atoms with Crippen molar-refractivity contribution in [1.82, 2.24) is 10.3 Å². The molecule has 0 radical (unpaired) electrons. The summed E-state index contributed by atoms with van der Waals surface area (Å²) < 4.78 is 11.2. The first kappa shape index (κ1) is 18.3. The smallest absolute Gasteiger partial charge is 0.161 e. The summed E-state index contributed by atoms with van der Waals surface area (Å²) in [5.74, 6) is 1.61. The van der Waals surface area contributed by atoms with Crippen LogP contribution >= 0.6 is 12.4 Å². The predicted molar refractivity (Wildman–Crippen MR) is 90.8 cm³/mol. The Morgan fingerprint density at radius 3 is 2.18 bits per heavy atom. The molecule has 4 nitrogen and oxygen atoms in total. The minimum absolute atomic E-state index is 0. The molecule has 0 spiro atoms. The van der Waals surface area contributed by atoms with Gasteiger partial charge in [0, 0.05) is 25.5 Å². The highest BCUT2D eigenvalue weighted by atomic mass is 35.5. The third-order valence-electron chi connectivity index (χ3n) is 3.02. The summed E-state index contributed by atoms with van der Waals surface area (Å²) in [6.45, 7) is 6.83. The Labute approximate surface area is 138 Å². The lowest BCUT2D eigenvalue weighted by molar-refractivity contribution is 0.287. The van der Waals surface area contributed by atoms with Gasteiger partial charge in [-0.05, 0) is 49.2 Å². The molecule has 0 bridgehead atoms. The molecule has 120 valence electrons. The van der Waals surface area contributed by atoms with Crippen LogP contribution in [0, 0.1) is 0 Å². The third kappa shape index (κ3) is 5.54. The van der Waals surface area contributed by atoms with Crippen molar-refractivity contribution in [3.63, 3.8) is 0 Å². The molecule has 0 unspecified atom stereocenters. The number of rotatable bonds is 8. The zero-order valence-electron chi connectivity index (χ0n) is 13.0. The maximum atomic E-state index is 5.63. The molecular weight excluding hydrogens is 300 g/mol. The quantitative estimate of drug-likeness (QED) is 0.806. The number of aromatic nitrogens is 1. The molecule has 0 atom stereocenters.